The summed E-state index contributed by atoms with van der Waals surface area (Å²) in [7, 11) is 0. The summed E-state index contributed by atoms with van der Waals surface area (Å²) in [6.07, 6.45) is 3.63. The fourth-order valence-electron chi connectivity index (χ4n) is 1.77. The maximum atomic E-state index is 11.1. The van der Waals surface area contributed by atoms with Crippen LogP contribution < -0.4 is 10.6 Å². The Labute approximate surface area is 116 Å². The number of thiophene rings is 1. The van der Waals surface area contributed by atoms with Gasteiger partial charge in [-0.05, 0) is 30.0 Å². The smallest absolute Gasteiger partial charge is 0.221 e. The standard InChI is InChI=1S/C14H17N3OS/c1-10(12-4-3-6-15-8-12)16-9-14-13(5-7-19-14)17-11(2)18/h3-8,10,16H,9H2,1-2H3,(H,17,18)/t10-/m1/s1. The zero-order chi connectivity index (χ0) is 13.7. The minimum atomic E-state index is -0.0417. The largest absolute Gasteiger partial charge is 0.325 e. The molecule has 19 heavy (non-hydrogen) atoms. The highest BCUT2D eigenvalue weighted by Gasteiger charge is 2.09. The van der Waals surface area contributed by atoms with Crippen LogP contribution in [0.3, 0.4) is 0 Å². The first-order valence-electron chi connectivity index (χ1n) is 6.14. The first-order chi connectivity index (χ1) is 9.16. The average Bonchev–Trinajstić information content (AvgIpc) is 2.83. The summed E-state index contributed by atoms with van der Waals surface area (Å²) in [4.78, 5) is 16.3. The van der Waals surface area contributed by atoms with Gasteiger partial charge in [-0.15, -0.1) is 11.3 Å². The number of nitrogens with zero attached hydrogens (tertiary/aromatic N) is 1. The Kier molecular flexibility index (Phi) is 4.65. The predicted octanol–water partition coefficient (Wildman–Crippen LogP) is 2.95. The lowest BCUT2D eigenvalue weighted by molar-refractivity contribution is -0.114. The third kappa shape index (κ3) is 3.87. The molecule has 0 bridgehead atoms. The lowest BCUT2D eigenvalue weighted by Gasteiger charge is -2.14. The molecule has 0 fully saturated rings. The van der Waals surface area contributed by atoms with Crippen LogP contribution >= 0.6 is 11.3 Å². The van der Waals surface area contributed by atoms with E-state index in [1.54, 1.807) is 17.5 Å². The molecule has 0 aliphatic rings. The van der Waals surface area contributed by atoms with E-state index in [2.05, 4.69) is 22.5 Å². The molecule has 0 unspecified atom stereocenters. The summed E-state index contributed by atoms with van der Waals surface area (Å²) >= 11 is 1.64. The van der Waals surface area contributed by atoms with Gasteiger partial charge >= 0.3 is 0 Å². The summed E-state index contributed by atoms with van der Waals surface area (Å²) < 4.78 is 0. The van der Waals surface area contributed by atoms with Gasteiger partial charge in [-0.1, -0.05) is 6.07 Å². The fourth-order valence-corrected chi connectivity index (χ4v) is 2.56. The van der Waals surface area contributed by atoms with Crippen molar-refractivity contribution in [1.29, 1.82) is 0 Å². The summed E-state index contributed by atoms with van der Waals surface area (Å²) in [6, 6.07) is 6.13. The maximum Gasteiger partial charge on any atom is 0.221 e. The zero-order valence-corrected chi connectivity index (χ0v) is 11.8. The van der Waals surface area contributed by atoms with Gasteiger partial charge in [0.05, 0.1) is 5.69 Å². The van der Waals surface area contributed by atoms with Gasteiger partial charge in [-0.3, -0.25) is 9.78 Å². The molecule has 4 nitrogen and oxygen atoms in total. The molecule has 0 aromatic carbocycles. The molecule has 2 aromatic heterocycles. The van der Waals surface area contributed by atoms with E-state index in [1.807, 2.05) is 29.8 Å². The third-order valence-corrected chi connectivity index (χ3v) is 3.73. The quantitative estimate of drug-likeness (QED) is 0.882. The minimum absolute atomic E-state index is 0.0417. The van der Waals surface area contributed by atoms with Crippen LogP contribution in [-0.4, -0.2) is 10.9 Å². The molecule has 0 radical (unpaired) electrons. The minimum Gasteiger partial charge on any atom is -0.325 e. The molecule has 0 saturated carbocycles. The van der Waals surface area contributed by atoms with Gasteiger partial charge in [0.25, 0.3) is 0 Å². The molecule has 2 rings (SSSR count). The first kappa shape index (κ1) is 13.7. The normalized spacial score (nSPS) is 12.1. The number of hydrogen-bond acceptors (Lipinski definition) is 4. The molecule has 2 aromatic rings. The Hall–Kier alpha value is -1.72. The highest BCUT2D eigenvalue weighted by molar-refractivity contribution is 7.10. The first-order valence-corrected chi connectivity index (χ1v) is 7.02. The lowest BCUT2D eigenvalue weighted by Crippen LogP contribution is -2.18. The van der Waals surface area contributed by atoms with Crippen molar-refractivity contribution >= 4 is 22.9 Å². The average molecular weight is 275 g/mol. The van der Waals surface area contributed by atoms with Crippen LogP contribution in [0.5, 0.6) is 0 Å². The molecule has 1 amide bonds. The monoisotopic (exact) mass is 275 g/mol. The van der Waals surface area contributed by atoms with Crippen molar-refractivity contribution in [3.05, 3.63) is 46.4 Å². The lowest BCUT2D eigenvalue weighted by atomic mass is 10.1. The van der Waals surface area contributed by atoms with Gasteiger partial charge in [0.1, 0.15) is 0 Å². The number of anilines is 1. The van der Waals surface area contributed by atoms with Gasteiger partial charge in [0.2, 0.25) is 5.91 Å². The molecule has 2 N–H and O–H groups in total. The van der Waals surface area contributed by atoms with E-state index in [0.29, 0.717) is 0 Å². The zero-order valence-electron chi connectivity index (χ0n) is 11.0. The van der Waals surface area contributed by atoms with Crippen LogP contribution in [0.1, 0.15) is 30.3 Å². The van der Waals surface area contributed by atoms with Gasteiger partial charge in [-0.25, -0.2) is 0 Å². The Morgan fingerprint density at radius 2 is 2.32 bits per heavy atom. The third-order valence-electron chi connectivity index (χ3n) is 2.81. The number of pyridine rings is 1. The van der Waals surface area contributed by atoms with Crippen LogP contribution in [0.15, 0.2) is 36.0 Å². The fraction of sp³-hybridized carbons (Fsp3) is 0.286. The van der Waals surface area contributed by atoms with Crippen LogP contribution in [0, 0.1) is 0 Å². The van der Waals surface area contributed by atoms with Gasteiger partial charge in [0, 0.05) is 36.8 Å². The number of nitrogens with one attached hydrogen (secondary N) is 2. The molecule has 0 spiro atoms. The molecular weight excluding hydrogens is 258 g/mol. The summed E-state index contributed by atoms with van der Waals surface area (Å²) in [5.74, 6) is -0.0417. The Balaban J connectivity index is 1.95. The van der Waals surface area contributed by atoms with E-state index in [-0.39, 0.29) is 11.9 Å². The highest BCUT2D eigenvalue weighted by Crippen LogP contribution is 2.23. The van der Waals surface area contributed by atoms with E-state index < -0.39 is 0 Å². The van der Waals surface area contributed by atoms with Gasteiger partial charge in [0.15, 0.2) is 0 Å². The number of aromatic nitrogens is 1. The van der Waals surface area contributed by atoms with E-state index >= 15 is 0 Å². The van der Waals surface area contributed by atoms with E-state index in [0.717, 1.165) is 22.7 Å². The molecule has 5 heteroatoms. The number of carbonyl (C=O) groups excluding carboxylic acids is 1. The topological polar surface area (TPSA) is 54.0 Å². The van der Waals surface area contributed by atoms with Crippen LogP contribution in [0.25, 0.3) is 0 Å². The molecule has 1 atom stereocenters. The van der Waals surface area contributed by atoms with Crippen molar-refractivity contribution in [2.75, 3.05) is 5.32 Å². The van der Waals surface area contributed by atoms with Crippen LogP contribution in [-0.2, 0) is 11.3 Å². The predicted molar refractivity (Wildman–Crippen MR) is 78.1 cm³/mol. The van der Waals surface area contributed by atoms with Crippen molar-refractivity contribution in [2.45, 2.75) is 26.4 Å². The number of carbonyl (C=O) groups is 1. The van der Waals surface area contributed by atoms with Crippen molar-refractivity contribution < 1.29 is 4.79 Å². The second kappa shape index (κ2) is 6.45. The van der Waals surface area contributed by atoms with Gasteiger partial charge in [-0.2, -0.15) is 0 Å². The number of amides is 1. The van der Waals surface area contributed by atoms with E-state index in [1.165, 1.54) is 6.92 Å². The summed E-state index contributed by atoms with van der Waals surface area (Å²) in [5, 5.41) is 8.25. The second-order valence-corrected chi connectivity index (χ2v) is 5.33. The number of hydrogen-bond donors (Lipinski definition) is 2. The van der Waals surface area contributed by atoms with Crippen molar-refractivity contribution in [2.24, 2.45) is 0 Å². The molecule has 100 valence electrons. The van der Waals surface area contributed by atoms with Crippen LogP contribution in [0.2, 0.25) is 0 Å². The highest BCUT2D eigenvalue weighted by atomic mass is 32.1. The molecule has 2 heterocycles. The number of rotatable bonds is 5. The van der Waals surface area contributed by atoms with Crippen molar-refractivity contribution in [3.8, 4) is 0 Å². The molecule has 0 aliphatic carbocycles. The Morgan fingerprint density at radius 3 is 3.00 bits per heavy atom. The SMILES string of the molecule is CC(=O)Nc1ccsc1CN[C@H](C)c1cccnc1. The van der Waals surface area contributed by atoms with Crippen molar-refractivity contribution in [3.63, 3.8) is 0 Å². The molecule has 0 saturated heterocycles. The summed E-state index contributed by atoms with van der Waals surface area (Å²) in [5.41, 5.74) is 2.04. The van der Waals surface area contributed by atoms with Gasteiger partial charge < -0.3 is 10.6 Å². The Morgan fingerprint density at radius 1 is 1.47 bits per heavy atom. The van der Waals surface area contributed by atoms with E-state index in [9.17, 15) is 4.79 Å². The maximum absolute atomic E-state index is 11.1. The Bertz CT molecular complexity index is 539. The van der Waals surface area contributed by atoms with Crippen molar-refractivity contribution in [1.82, 2.24) is 10.3 Å². The molecule has 0 aliphatic heterocycles. The van der Waals surface area contributed by atoms with Crippen LogP contribution in [0.4, 0.5) is 5.69 Å². The molecular formula is C14H17N3OS. The van der Waals surface area contributed by atoms with E-state index in [4.69, 9.17) is 0 Å². The summed E-state index contributed by atoms with van der Waals surface area (Å²) in [6.45, 7) is 4.35. The second-order valence-electron chi connectivity index (χ2n) is 4.33.